The first-order valence-corrected chi connectivity index (χ1v) is 10.2. The highest BCUT2D eigenvalue weighted by Crippen LogP contribution is 2.33. The lowest BCUT2D eigenvalue weighted by atomic mass is 10.2. The minimum Gasteiger partial charge on any atom is -0.466 e. The Morgan fingerprint density at radius 2 is 2.03 bits per heavy atom. The van der Waals surface area contributed by atoms with E-state index < -0.39 is 11.7 Å². The molecule has 0 unspecified atom stereocenters. The zero-order valence-corrected chi connectivity index (χ0v) is 16.9. The van der Waals surface area contributed by atoms with Gasteiger partial charge in [0.1, 0.15) is 0 Å². The maximum absolute atomic E-state index is 13.2. The number of ether oxygens (including phenoxy) is 1. The second kappa shape index (κ2) is 9.75. The lowest BCUT2D eigenvalue weighted by Crippen LogP contribution is -2.07. The van der Waals surface area contributed by atoms with E-state index in [2.05, 4.69) is 15.2 Å². The third kappa shape index (κ3) is 5.38. The third-order valence-electron chi connectivity index (χ3n) is 4.05. The number of thioether (sulfide) groups is 1. The van der Waals surface area contributed by atoms with Gasteiger partial charge in [-0.1, -0.05) is 17.8 Å². The third-order valence-corrected chi connectivity index (χ3v) is 5.06. The van der Waals surface area contributed by atoms with Crippen molar-refractivity contribution >= 4 is 17.7 Å². The molecule has 0 saturated heterocycles. The summed E-state index contributed by atoms with van der Waals surface area (Å²) >= 11 is 1.31. The van der Waals surface area contributed by atoms with Crippen molar-refractivity contribution in [3.63, 3.8) is 0 Å². The van der Waals surface area contributed by atoms with Crippen LogP contribution in [-0.2, 0) is 15.7 Å². The summed E-state index contributed by atoms with van der Waals surface area (Å²) < 4.78 is 46.1. The molecule has 0 atom stereocenters. The van der Waals surface area contributed by atoms with Gasteiger partial charge >= 0.3 is 12.1 Å². The van der Waals surface area contributed by atoms with Gasteiger partial charge < -0.3 is 4.74 Å². The molecule has 0 aliphatic rings. The zero-order valence-electron chi connectivity index (χ0n) is 16.1. The van der Waals surface area contributed by atoms with Gasteiger partial charge in [0.2, 0.25) is 0 Å². The number of alkyl halides is 3. The summed E-state index contributed by atoms with van der Waals surface area (Å²) in [5, 5.41) is 8.77. The van der Waals surface area contributed by atoms with Crippen LogP contribution in [0.2, 0.25) is 0 Å². The van der Waals surface area contributed by atoms with Gasteiger partial charge in [-0.25, -0.2) is 0 Å². The summed E-state index contributed by atoms with van der Waals surface area (Å²) in [7, 11) is 0. The number of rotatable bonds is 8. The molecule has 0 N–H and O–H groups in total. The van der Waals surface area contributed by atoms with Crippen LogP contribution in [0.5, 0.6) is 0 Å². The minimum absolute atomic E-state index is 0.258. The molecule has 0 amide bonds. The molecule has 0 spiro atoms. The summed E-state index contributed by atoms with van der Waals surface area (Å²) in [6.07, 6.45) is -0.497. The van der Waals surface area contributed by atoms with E-state index >= 15 is 0 Å². The van der Waals surface area contributed by atoms with Gasteiger partial charge in [0, 0.05) is 30.1 Å². The van der Waals surface area contributed by atoms with Gasteiger partial charge in [0.25, 0.3) is 0 Å². The average molecular weight is 436 g/mol. The highest BCUT2D eigenvalue weighted by atomic mass is 32.2. The molecule has 0 fully saturated rings. The number of carbonyl (C=O) groups excluding carboxylic acids is 1. The first-order chi connectivity index (χ1) is 14.4. The number of hydrogen-bond donors (Lipinski definition) is 0. The Morgan fingerprint density at radius 1 is 1.20 bits per heavy atom. The summed E-state index contributed by atoms with van der Waals surface area (Å²) in [5.41, 5.74) is 0.159. The summed E-state index contributed by atoms with van der Waals surface area (Å²) in [4.78, 5) is 15.5. The van der Waals surface area contributed by atoms with E-state index in [1.54, 1.807) is 42.1 Å². The maximum atomic E-state index is 13.2. The van der Waals surface area contributed by atoms with Gasteiger partial charge in [0.15, 0.2) is 11.0 Å². The molecule has 0 aliphatic heterocycles. The van der Waals surface area contributed by atoms with Crippen LogP contribution in [-0.4, -0.2) is 38.1 Å². The molecule has 0 radical (unpaired) electrons. The number of nitrogens with zero attached hydrogens (tertiary/aromatic N) is 4. The maximum Gasteiger partial charge on any atom is 0.416 e. The first-order valence-electron chi connectivity index (χ1n) is 9.22. The molecule has 158 valence electrons. The molecule has 0 bridgehead atoms. The summed E-state index contributed by atoms with van der Waals surface area (Å²) in [5.74, 6) is 0.631. The van der Waals surface area contributed by atoms with E-state index in [4.69, 9.17) is 4.74 Å². The summed E-state index contributed by atoms with van der Waals surface area (Å²) in [6.45, 7) is 2.06. The summed E-state index contributed by atoms with van der Waals surface area (Å²) in [6, 6.07) is 8.47. The molecular weight excluding hydrogens is 417 g/mol. The van der Waals surface area contributed by atoms with Crippen LogP contribution < -0.4 is 0 Å². The van der Waals surface area contributed by atoms with E-state index in [-0.39, 0.29) is 12.4 Å². The average Bonchev–Trinajstić information content (AvgIpc) is 3.15. The van der Waals surface area contributed by atoms with Crippen LogP contribution in [0.25, 0.3) is 17.1 Å². The van der Waals surface area contributed by atoms with Crippen molar-refractivity contribution in [2.45, 2.75) is 31.1 Å². The standard InChI is InChI=1S/C20H19F3N4O2S/c1-2-29-17(28)9-5-11-30-19-26-25-18(14-6-4-10-24-13-14)27(19)16-8-3-7-15(12-16)20(21,22)23/h3-4,6-8,10,12-13H,2,5,9,11H2,1H3. The fraction of sp³-hybridized carbons (Fsp3) is 0.300. The predicted molar refractivity (Wildman–Crippen MR) is 106 cm³/mol. The lowest BCUT2D eigenvalue weighted by molar-refractivity contribution is -0.143. The Hall–Kier alpha value is -2.88. The SMILES string of the molecule is CCOC(=O)CCCSc1nnc(-c2cccnc2)n1-c1cccc(C(F)(F)F)c1. The second-order valence-electron chi connectivity index (χ2n) is 6.19. The Labute approximate surface area is 175 Å². The van der Waals surface area contributed by atoms with Crippen molar-refractivity contribution in [3.8, 4) is 17.1 Å². The van der Waals surface area contributed by atoms with Crippen LogP contribution in [0, 0.1) is 0 Å². The quantitative estimate of drug-likeness (QED) is 0.287. The van der Waals surface area contributed by atoms with Gasteiger partial charge in [-0.05, 0) is 43.7 Å². The molecule has 30 heavy (non-hydrogen) atoms. The number of carbonyl (C=O) groups is 1. The van der Waals surface area contributed by atoms with Gasteiger partial charge in [-0.3, -0.25) is 14.3 Å². The van der Waals surface area contributed by atoms with Crippen LogP contribution in [0.3, 0.4) is 0 Å². The predicted octanol–water partition coefficient (Wildman–Crippen LogP) is 4.78. The van der Waals surface area contributed by atoms with Crippen molar-refractivity contribution in [3.05, 3.63) is 54.4 Å². The van der Waals surface area contributed by atoms with Crippen LogP contribution in [0.1, 0.15) is 25.3 Å². The van der Waals surface area contributed by atoms with Crippen LogP contribution in [0.15, 0.2) is 53.9 Å². The Morgan fingerprint density at radius 3 is 2.73 bits per heavy atom. The van der Waals surface area contributed by atoms with Crippen molar-refractivity contribution < 1.29 is 22.7 Å². The van der Waals surface area contributed by atoms with Crippen LogP contribution in [0.4, 0.5) is 13.2 Å². The van der Waals surface area contributed by atoms with E-state index in [0.29, 0.717) is 41.0 Å². The molecule has 2 heterocycles. The Bertz CT molecular complexity index is 993. The zero-order chi connectivity index (χ0) is 21.6. The van der Waals surface area contributed by atoms with Gasteiger partial charge in [-0.15, -0.1) is 10.2 Å². The van der Waals surface area contributed by atoms with Gasteiger partial charge in [-0.2, -0.15) is 13.2 Å². The topological polar surface area (TPSA) is 69.9 Å². The number of aromatic nitrogens is 4. The molecule has 1 aromatic carbocycles. The molecular formula is C20H19F3N4O2S. The van der Waals surface area contributed by atoms with Gasteiger partial charge in [0.05, 0.1) is 17.9 Å². The van der Waals surface area contributed by atoms with E-state index in [0.717, 1.165) is 12.1 Å². The van der Waals surface area contributed by atoms with E-state index in [1.165, 1.54) is 17.8 Å². The highest BCUT2D eigenvalue weighted by Gasteiger charge is 2.31. The molecule has 2 aromatic heterocycles. The fourth-order valence-electron chi connectivity index (χ4n) is 2.71. The fourth-order valence-corrected chi connectivity index (χ4v) is 3.60. The van der Waals surface area contributed by atoms with Crippen molar-refractivity contribution in [2.75, 3.05) is 12.4 Å². The van der Waals surface area contributed by atoms with Crippen molar-refractivity contribution in [1.82, 2.24) is 19.7 Å². The lowest BCUT2D eigenvalue weighted by Gasteiger charge is -2.13. The number of halogens is 3. The highest BCUT2D eigenvalue weighted by molar-refractivity contribution is 7.99. The number of pyridine rings is 1. The second-order valence-corrected chi connectivity index (χ2v) is 7.25. The molecule has 6 nitrogen and oxygen atoms in total. The van der Waals surface area contributed by atoms with E-state index in [9.17, 15) is 18.0 Å². The molecule has 3 aromatic rings. The molecule has 3 rings (SSSR count). The number of hydrogen-bond acceptors (Lipinski definition) is 6. The monoisotopic (exact) mass is 436 g/mol. The Balaban J connectivity index is 1.91. The smallest absolute Gasteiger partial charge is 0.416 e. The first kappa shape index (κ1) is 21.8. The number of esters is 1. The van der Waals surface area contributed by atoms with Crippen molar-refractivity contribution in [1.29, 1.82) is 0 Å². The van der Waals surface area contributed by atoms with Crippen molar-refractivity contribution in [2.24, 2.45) is 0 Å². The van der Waals surface area contributed by atoms with E-state index in [1.807, 2.05) is 0 Å². The molecule has 10 heteroatoms. The normalized spacial score (nSPS) is 11.5. The molecule has 0 aliphatic carbocycles. The molecule has 0 saturated carbocycles. The number of benzene rings is 1. The minimum atomic E-state index is -4.47. The largest absolute Gasteiger partial charge is 0.466 e. The Kier molecular flexibility index (Phi) is 7.09. The van der Waals surface area contributed by atoms with Crippen LogP contribution >= 0.6 is 11.8 Å².